The molecule has 4 rings (SSSR count). The van der Waals surface area contributed by atoms with Crippen LogP contribution in [0.2, 0.25) is 5.02 Å². The Balaban J connectivity index is 1.63. The number of rotatable bonds is 8. The Kier molecular flexibility index (Phi) is 7.30. The minimum atomic E-state index is -4.01. The van der Waals surface area contributed by atoms with E-state index in [1.165, 1.54) is 12.1 Å². The second-order valence-corrected chi connectivity index (χ2v) is 11.3. The second-order valence-electron chi connectivity index (χ2n) is 8.14. The average Bonchev–Trinajstić information content (AvgIpc) is 3.14. The molecule has 1 aromatic heterocycles. The third kappa shape index (κ3) is 5.58. The first-order valence-electron chi connectivity index (χ1n) is 11.0. The topological polar surface area (TPSA) is 97.3 Å². The third-order valence-electron chi connectivity index (χ3n) is 5.61. The van der Waals surface area contributed by atoms with E-state index in [1.54, 1.807) is 47.0 Å². The maximum Gasteiger partial charge on any atom is 0.308 e. The van der Waals surface area contributed by atoms with E-state index in [1.807, 2.05) is 26.0 Å². The van der Waals surface area contributed by atoms with Gasteiger partial charge in [-0.05, 0) is 61.4 Å². The van der Waals surface area contributed by atoms with E-state index >= 15 is 0 Å². The lowest BCUT2D eigenvalue weighted by atomic mass is 10.1. The Bertz CT molecular complexity index is 1540. The Morgan fingerprint density at radius 3 is 2.51 bits per heavy atom. The Morgan fingerprint density at radius 1 is 1.09 bits per heavy atom. The molecule has 0 saturated heterocycles. The molecule has 1 amide bonds. The highest BCUT2D eigenvalue weighted by atomic mass is 35.5. The van der Waals surface area contributed by atoms with Crippen molar-refractivity contribution < 1.29 is 13.2 Å². The quantitative estimate of drug-likeness (QED) is 0.332. The largest absolute Gasteiger partial charge is 0.350 e. The number of aromatic nitrogens is 1. The number of hydrogen-bond acceptors (Lipinski definition) is 5. The zero-order valence-electron chi connectivity index (χ0n) is 19.1. The van der Waals surface area contributed by atoms with Gasteiger partial charge in [0.05, 0.1) is 32.9 Å². The highest BCUT2D eigenvalue weighted by Gasteiger charge is 2.21. The van der Waals surface area contributed by atoms with Gasteiger partial charge in [0.1, 0.15) is 0 Å². The van der Waals surface area contributed by atoms with Crippen LogP contribution in [0.5, 0.6) is 0 Å². The maximum atomic E-state index is 13.2. The number of thiazole rings is 1. The van der Waals surface area contributed by atoms with E-state index in [-0.39, 0.29) is 33.0 Å². The maximum absolute atomic E-state index is 13.2. The summed E-state index contributed by atoms with van der Waals surface area (Å²) < 4.78 is 31.0. The van der Waals surface area contributed by atoms with Crippen LogP contribution in [0.4, 0.5) is 5.69 Å². The molecule has 0 radical (unpaired) electrons. The van der Waals surface area contributed by atoms with Crippen molar-refractivity contribution in [3.05, 3.63) is 92.5 Å². The number of anilines is 1. The molecule has 0 aliphatic heterocycles. The molecule has 4 aromatic rings. The van der Waals surface area contributed by atoms with Gasteiger partial charge in [-0.2, -0.15) is 0 Å². The van der Waals surface area contributed by atoms with Crippen LogP contribution in [-0.4, -0.2) is 24.9 Å². The summed E-state index contributed by atoms with van der Waals surface area (Å²) in [7, 11) is -4.01. The number of fused-ring (bicyclic) bond motifs is 1. The molecule has 35 heavy (non-hydrogen) atoms. The van der Waals surface area contributed by atoms with Crippen LogP contribution in [0.25, 0.3) is 10.2 Å². The zero-order chi connectivity index (χ0) is 25.2. The molecule has 0 aliphatic carbocycles. The summed E-state index contributed by atoms with van der Waals surface area (Å²) in [6.45, 7) is 4.18. The first-order valence-corrected chi connectivity index (χ1v) is 13.7. The van der Waals surface area contributed by atoms with Gasteiger partial charge >= 0.3 is 4.87 Å². The Labute approximate surface area is 212 Å². The van der Waals surface area contributed by atoms with Gasteiger partial charge in [0, 0.05) is 11.1 Å². The lowest BCUT2D eigenvalue weighted by Crippen LogP contribution is -2.32. The molecule has 0 saturated carbocycles. The zero-order valence-corrected chi connectivity index (χ0v) is 21.5. The first-order chi connectivity index (χ1) is 16.7. The number of nitrogens with zero attached hydrogens (tertiary/aromatic N) is 1. The van der Waals surface area contributed by atoms with Crippen LogP contribution in [-0.2, 0) is 16.6 Å². The lowest BCUT2D eigenvalue weighted by molar-refractivity contribution is 0.0940. The molecule has 0 aliphatic rings. The third-order valence-corrected chi connectivity index (χ3v) is 8.17. The molecule has 1 unspecified atom stereocenters. The molecule has 0 spiro atoms. The molecule has 3 aromatic carbocycles. The van der Waals surface area contributed by atoms with Gasteiger partial charge < -0.3 is 5.32 Å². The number of nitrogens with one attached hydrogen (secondary N) is 2. The standard InChI is InChI=1S/C25H24ClN3O4S2/c1-3-16(2)27-24(30)20-6-4-5-7-21(20)28-35(32,33)19-12-13-22-23(14-19)34-25(31)29(22)15-17-8-10-18(26)11-9-17/h4-14,16,28H,3,15H2,1-2H3,(H,27,30). The predicted molar refractivity (Wildman–Crippen MR) is 141 cm³/mol. The number of halogens is 1. The van der Waals surface area contributed by atoms with Crippen LogP contribution >= 0.6 is 22.9 Å². The normalized spacial score (nSPS) is 12.4. The van der Waals surface area contributed by atoms with Crippen molar-refractivity contribution in [1.29, 1.82) is 0 Å². The minimum Gasteiger partial charge on any atom is -0.350 e. The monoisotopic (exact) mass is 529 g/mol. The van der Waals surface area contributed by atoms with Crippen molar-refractivity contribution in [2.75, 3.05) is 4.72 Å². The highest BCUT2D eigenvalue weighted by Crippen LogP contribution is 2.25. The van der Waals surface area contributed by atoms with Gasteiger partial charge in [-0.15, -0.1) is 0 Å². The predicted octanol–water partition coefficient (Wildman–Crippen LogP) is 5.09. The summed E-state index contributed by atoms with van der Waals surface area (Å²) >= 11 is 6.92. The van der Waals surface area contributed by atoms with Crippen molar-refractivity contribution >= 4 is 54.8 Å². The highest BCUT2D eigenvalue weighted by molar-refractivity contribution is 7.92. The summed E-state index contributed by atoms with van der Waals surface area (Å²) in [4.78, 5) is 25.1. The fraction of sp³-hybridized carbons (Fsp3) is 0.200. The number of carbonyl (C=O) groups is 1. The van der Waals surface area contributed by atoms with E-state index in [2.05, 4.69) is 10.0 Å². The average molecular weight is 530 g/mol. The van der Waals surface area contributed by atoms with Gasteiger partial charge in [0.25, 0.3) is 15.9 Å². The lowest BCUT2D eigenvalue weighted by Gasteiger charge is -2.15. The number of hydrogen-bond donors (Lipinski definition) is 2. The number of benzene rings is 3. The van der Waals surface area contributed by atoms with E-state index in [0.717, 1.165) is 23.3 Å². The molecule has 182 valence electrons. The molecule has 1 atom stereocenters. The van der Waals surface area contributed by atoms with Crippen LogP contribution < -0.4 is 14.9 Å². The minimum absolute atomic E-state index is 0.00188. The molecule has 1 heterocycles. The van der Waals surface area contributed by atoms with E-state index in [9.17, 15) is 18.0 Å². The van der Waals surface area contributed by atoms with Crippen molar-refractivity contribution in [2.24, 2.45) is 0 Å². The number of amides is 1. The summed E-state index contributed by atoms with van der Waals surface area (Å²) in [5.41, 5.74) is 1.96. The van der Waals surface area contributed by atoms with E-state index in [4.69, 9.17) is 11.6 Å². The van der Waals surface area contributed by atoms with E-state index in [0.29, 0.717) is 21.8 Å². The first kappa shape index (κ1) is 25.0. The Morgan fingerprint density at radius 2 is 1.80 bits per heavy atom. The SMILES string of the molecule is CCC(C)NC(=O)c1ccccc1NS(=O)(=O)c1ccc2c(c1)sc(=O)n2Cc1ccc(Cl)cc1. The van der Waals surface area contributed by atoms with Crippen molar-refractivity contribution in [3.8, 4) is 0 Å². The Hall–Kier alpha value is -3.14. The summed E-state index contributed by atoms with van der Waals surface area (Å²) in [6, 6.07) is 18.2. The fourth-order valence-electron chi connectivity index (χ4n) is 3.51. The second kappa shape index (κ2) is 10.2. The molecule has 0 fully saturated rings. The van der Waals surface area contributed by atoms with Crippen LogP contribution in [0.3, 0.4) is 0 Å². The van der Waals surface area contributed by atoms with Crippen molar-refractivity contribution in [3.63, 3.8) is 0 Å². The van der Waals surface area contributed by atoms with Gasteiger partial charge in [-0.1, -0.05) is 54.1 Å². The molecular formula is C25H24ClN3O4S2. The van der Waals surface area contributed by atoms with Gasteiger partial charge in [-0.25, -0.2) is 8.42 Å². The fourth-order valence-corrected chi connectivity index (χ4v) is 5.75. The molecule has 2 N–H and O–H groups in total. The van der Waals surface area contributed by atoms with Crippen LogP contribution in [0.15, 0.2) is 76.4 Å². The van der Waals surface area contributed by atoms with Crippen LogP contribution in [0, 0.1) is 0 Å². The van der Waals surface area contributed by atoms with Gasteiger partial charge in [0.15, 0.2) is 0 Å². The van der Waals surface area contributed by atoms with Crippen LogP contribution in [0.1, 0.15) is 36.2 Å². The molecule has 0 bridgehead atoms. The molecule has 10 heteroatoms. The van der Waals surface area contributed by atoms with Crippen molar-refractivity contribution in [2.45, 2.75) is 37.8 Å². The number of carbonyl (C=O) groups excluding carboxylic acids is 1. The van der Waals surface area contributed by atoms with Crippen molar-refractivity contribution in [1.82, 2.24) is 9.88 Å². The van der Waals surface area contributed by atoms with E-state index < -0.39 is 10.0 Å². The summed E-state index contributed by atoms with van der Waals surface area (Å²) in [5.74, 6) is -0.356. The van der Waals surface area contributed by atoms with Gasteiger partial charge in [-0.3, -0.25) is 18.9 Å². The smallest absolute Gasteiger partial charge is 0.308 e. The summed E-state index contributed by atoms with van der Waals surface area (Å²) in [5, 5.41) is 3.46. The van der Waals surface area contributed by atoms with Gasteiger partial charge in [0.2, 0.25) is 0 Å². The number of sulfonamides is 1. The number of para-hydroxylation sites is 1. The molecular weight excluding hydrogens is 506 g/mol. The summed E-state index contributed by atoms with van der Waals surface area (Å²) in [6.07, 6.45) is 0.750. The molecule has 7 nitrogen and oxygen atoms in total.